The van der Waals surface area contributed by atoms with Crippen LogP contribution in [0.15, 0.2) is 120 Å². The first-order chi connectivity index (χ1) is 18.1. The number of fused-ring (bicyclic) bond motifs is 1. The molecule has 1 amide bonds. The second kappa shape index (κ2) is 9.72. The van der Waals surface area contributed by atoms with Gasteiger partial charge in [-0.3, -0.25) is 14.5 Å². The minimum absolute atomic E-state index is 0.0241. The maximum atomic E-state index is 14.1. The molecule has 1 aliphatic carbocycles. The summed E-state index contributed by atoms with van der Waals surface area (Å²) in [6, 6.07) is 34.1. The number of Topliss-reactive ketones (excluding diaryl/α,β-unsaturated/α-hetero) is 1. The van der Waals surface area contributed by atoms with Crippen molar-refractivity contribution in [2.75, 3.05) is 10.2 Å². The Bertz CT molecular complexity index is 1500. The number of rotatable bonds is 3. The van der Waals surface area contributed by atoms with Gasteiger partial charge in [0.2, 0.25) is 0 Å². The summed E-state index contributed by atoms with van der Waals surface area (Å²) in [6.07, 6.45) is 1.03. The zero-order valence-corrected chi connectivity index (χ0v) is 20.9. The van der Waals surface area contributed by atoms with Crippen LogP contribution in [0.1, 0.15) is 46.3 Å². The third-order valence-electron chi connectivity index (χ3n) is 7.18. The maximum Gasteiger partial charge on any atom is 0.259 e. The van der Waals surface area contributed by atoms with Crippen LogP contribution in [0.3, 0.4) is 0 Å². The van der Waals surface area contributed by atoms with E-state index in [2.05, 4.69) is 5.32 Å². The lowest BCUT2D eigenvalue weighted by Crippen LogP contribution is -2.38. The monoisotopic (exact) mass is 504 g/mol. The number of anilines is 2. The predicted molar refractivity (Wildman–Crippen MR) is 148 cm³/mol. The Balaban J connectivity index is 1.55. The van der Waals surface area contributed by atoms with Crippen LogP contribution in [0.2, 0.25) is 5.02 Å². The van der Waals surface area contributed by atoms with Crippen molar-refractivity contribution in [1.82, 2.24) is 0 Å². The largest absolute Gasteiger partial charge is 0.357 e. The molecule has 2 atom stereocenters. The van der Waals surface area contributed by atoms with E-state index in [4.69, 9.17) is 11.6 Å². The third kappa shape index (κ3) is 4.34. The molecule has 0 saturated heterocycles. The van der Waals surface area contributed by atoms with E-state index in [1.54, 1.807) is 4.90 Å². The molecule has 0 aromatic heterocycles. The molecule has 1 N–H and O–H groups in total. The lowest BCUT2D eigenvalue weighted by Gasteiger charge is -2.35. The molecule has 6 rings (SSSR count). The number of benzene rings is 4. The molecule has 0 unspecified atom stereocenters. The molecule has 4 aromatic rings. The number of halogens is 1. The van der Waals surface area contributed by atoms with E-state index in [0.717, 1.165) is 28.2 Å². The normalized spacial score (nSPS) is 18.9. The van der Waals surface area contributed by atoms with Crippen LogP contribution in [-0.4, -0.2) is 11.7 Å². The van der Waals surface area contributed by atoms with Crippen molar-refractivity contribution in [2.45, 2.75) is 24.8 Å². The molecule has 4 aromatic carbocycles. The molecular formula is C32H25ClN2O2. The number of ketones is 1. The van der Waals surface area contributed by atoms with Crippen LogP contribution < -0.4 is 10.2 Å². The van der Waals surface area contributed by atoms with Crippen LogP contribution in [0.5, 0.6) is 0 Å². The Hall–Kier alpha value is -4.15. The number of carbonyl (C=O) groups is 2. The van der Waals surface area contributed by atoms with E-state index < -0.39 is 6.04 Å². The molecule has 0 bridgehead atoms. The van der Waals surface area contributed by atoms with Crippen LogP contribution in [0.25, 0.3) is 0 Å². The zero-order valence-electron chi connectivity index (χ0n) is 20.1. The molecule has 0 spiro atoms. The van der Waals surface area contributed by atoms with Gasteiger partial charge in [0.1, 0.15) is 0 Å². The van der Waals surface area contributed by atoms with Gasteiger partial charge in [-0.25, -0.2) is 0 Å². The Morgan fingerprint density at radius 2 is 1.41 bits per heavy atom. The number of hydrogen-bond acceptors (Lipinski definition) is 3. The summed E-state index contributed by atoms with van der Waals surface area (Å²) in [6.45, 7) is 0. The number of allylic oxidation sites excluding steroid dienone is 1. The van der Waals surface area contributed by atoms with Gasteiger partial charge < -0.3 is 5.32 Å². The van der Waals surface area contributed by atoms with Gasteiger partial charge in [-0.05, 0) is 59.9 Å². The molecule has 5 heteroatoms. The van der Waals surface area contributed by atoms with Crippen molar-refractivity contribution >= 4 is 34.7 Å². The quantitative estimate of drug-likeness (QED) is 0.313. The highest BCUT2D eigenvalue weighted by Crippen LogP contribution is 2.47. The average Bonchev–Trinajstić information content (AvgIpc) is 3.08. The Morgan fingerprint density at radius 3 is 2.14 bits per heavy atom. The number of nitrogens with one attached hydrogen (secondary N) is 1. The Morgan fingerprint density at radius 1 is 0.757 bits per heavy atom. The maximum absolute atomic E-state index is 14.1. The molecule has 0 radical (unpaired) electrons. The molecule has 37 heavy (non-hydrogen) atoms. The second-order valence-electron chi connectivity index (χ2n) is 9.47. The van der Waals surface area contributed by atoms with Gasteiger partial charge >= 0.3 is 0 Å². The number of amides is 1. The van der Waals surface area contributed by atoms with E-state index >= 15 is 0 Å². The molecule has 2 aliphatic rings. The van der Waals surface area contributed by atoms with Crippen LogP contribution in [0.4, 0.5) is 11.4 Å². The highest BCUT2D eigenvalue weighted by molar-refractivity contribution is 6.30. The third-order valence-corrected chi connectivity index (χ3v) is 7.44. The van der Waals surface area contributed by atoms with Gasteiger partial charge in [-0.1, -0.05) is 84.4 Å². The van der Waals surface area contributed by atoms with E-state index in [0.29, 0.717) is 29.0 Å². The fraction of sp³-hybridized carbons (Fsp3) is 0.125. The lowest BCUT2D eigenvalue weighted by molar-refractivity contribution is -0.116. The van der Waals surface area contributed by atoms with Gasteiger partial charge in [0.25, 0.3) is 5.91 Å². The minimum Gasteiger partial charge on any atom is -0.357 e. The second-order valence-corrected chi connectivity index (χ2v) is 9.91. The molecule has 1 aliphatic heterocycles. The SMILES string of the molecule is O=C1C[C@@H](c2ccc(Cl)cc2)CC2=C1[C@H](c1ccccc1)N(C(=O)c1ccccc1)c1ccccc1N2. The number of carbonyl (C=O) groups excluding carboxylic acids is 2. The van der Waals surface area contributed by atoms with Gasteiger partial charge in [0.15, 0.2) is 5.78 Å². The fourth-order valence-electron chi connectivity index (χ4n) is 5.45. The lowest BCUT2D eigenvalue weighted by atomic mass is 9.78. The van der Waals surface area contributed by atoms with Crippen molar-refractivity contribution < 1.29 is 9.59 Å². The summed E-state index contributed by atoms with van der Waals surface area (Å²) in [5.41, 5.74) is 5.62. The van der Waals surface area contributed by atoms with Crippen molar-refractivity contribution in [3.8, 4) is 0 Å². The number of nitrogens with zero attached hydrogens (tertiary/aromatic N) is 1. The number of para-hydroxylation sites is 2. The van der Waals surface area contributed by atoms with Crippen molar-refractivity contribution in [3.05, 3.63) is 142 Å². The molecule has 4 nitrogen and oxygen atoms in total. The van der Waals surface area contributed by atoms with Gasteiger partial charge in [-0.15, -0.1) is 0 Å². The predicted octanol–water partition coefficient (Wildman–Crippen LogP) is 7.55. The highest BCUT2D eigenvalue weighted by Gasteiger charge is 2.41. The van der Waals surface area contributed by atoms with Crippen LogP contribution >= 0.6 is 11.6 Å². The highest BCUT2D eigenvalue weighted by atomic mass is 35.5. The van der Waals surface area contributed by atoms with Crippen LogP contribution in [-0.2, 0) is 4.79 Å². The molecule has 182 valence electrons. The van der Waals surface area contributed by atoms with E-state index in [9.17, 15) is 9.59 Å². The van der Waals surface area contributed by atoms with Crippen molar-refractivity contribution in [2.24, 2.45) is 0 Å². The molecule has 1 heterocycles. The Kier molecular flexibility index (Phi) is 6.11. The molecular weight excluding hydrogens is 480 g/mol. The van der Waals surface area contributed by atoms with Gasteiger partial charge in [0.05, 0.1) is 17.4 Å². The summed E-state index contributed by atoms with van der Waals surface area (Å²) in [4.78, 5) is 29.9. The average molecular weight is 505 g/mol. The topological polar surface area (TPSA) is 49.4 Å². The smallest absolute Gasteiger partial charge is 0.259 e. The first-order valence-electron chi connectivity index (χ1n) is 12.4. The van der Waals surface area contributed by atoms with Crippen LogP contribution in [0, 0.1) is 0 Å². The standard InChI is InChI=1S/C32H25ClN2O2/c33-25-17-15-21(16-18-25)24-19-27-30(29(36)20-24)31(22-9-3-1-4-10-22)35(28-14-8-7-13-26(28)34-27)32(37)23-11-5-2-6-12-23/h1-18,24,31,34H,19-20H2/t24-,31-/m0/s1. The number of hydrogen-bond donors (Lipinski definition) is 1. The Labute approximate surface area is 221 Å². The van der Waals surface area contributed by atoms with E-state index in [1.807, 2.05) is 109 Å². The van der Waals surface area contributed by atoms with Crippen molar-refractivity contribution in [3.63, 3.8) is 0 Å². The zero-order chi connectivity index (χ0) is 25.4. The summed E-state index contributed by atoms with van der Waals surface area (Å²) < 4.78 is 0. The molecule has 0 fully saturated rings. The summed E-state index contributed by atoms with van der Waals surface area (Å²) in [5.74, 6) is -0.0812. The minimum atomic E-state index is -0.557. The summed E-state index contributed by atoms with van der Waals surface area (Å²) in [5, 5.41) is 4.25. The van der Waals surface area contributed by atoms with Crippen molar-refractivity contribution in [1.29, 1.82) is 0 Å². The molecule has 0 saturated carbocycles. The summed E-state index contributed by atoms with van der Waals surface area (Å²) >= 11 is 6.12. The fourth-order valence-corrected chi connectivity index (χ4v) is 5.58. The first kappa shape index (κ1) is 23.3. The van der Waals surface area contributed by atoms with Gasteiger partial charge in [0, 0.05) is 28.3 Å². The van der Waals surface area contributed by atoms with Gasteiger partial charge in [-0.2, -0.15) is 0 Å². The van der Waals surface area contributed by atoms with E-state index in [-0.39, 0.29) is 17.6 Å². The first-order valence-corrected chi connectivity index (χ1v) is 12.8. The summed E-state index contributed by atoms with van der Waals surface area (Å²) in [7, 11) is 0. The van der Waals surface area contributed by atoms with E-state index in [1.165, 1.54) is 0 Å².